The molecule has 0 amide bonds. The van der Waals surface area contributed by atoms with E-state index in [-0.39, 0.29) is 6.29 Å². The molecule has 1 saturated heterocycles. The highest BCUT2D eigenvalue weighted by atomic mass is 16.7. The first-order valence-corrected chi connectivity index (χ1v) is 12.3. The number of unbranched alkanes of at least 4 members (excludes halogenated alkanes) is 11. The van der Waals surface area contributed by atoms with E-state index in [9.17, 15) is 0 Å². The monoisotopic (exact) mass is 383 g/mol. The zero-order valence-electron chi connectivity index (χ0n) is 18.7. The molecule has 0 aromatic rings. The lowest BCUT2D eigenvalue weighted by atomic mass is 10.1. The van der Waals surface area contributed by atoms with Crippen LogP contribution in [0.5, 0.6) is 0 Å². The van der Waals surface area contributed by atoms with Gasteiger partial charge >= 0.3 is 0 Å². The molecule has 0 aromatic carbocycles. The maximum absolute atomic E-state index is 6.13. The van der Waals surface area contributed by atoms with Crippen LogP contribution >= 0.6 is 0 Å². The molecule has 1 unspecified atom stereocenters. The number of likely N-dealkylation sites (tertiary alicyclic amines) is 1. The number of rotatable bonds is 20. The summed E-state index contributed by atoms with van der Waals surface area (Å²) in [7, 11) is 0. The predicted octanol–water partition coefficient (Wildman–Crippen LogP) is 6.94. The van der Waals surface area contributed by atoms with E-state index in [1.54, 1.807) is 0 Å². The molecule has 0 N–H and O–H groups in total. The van der Waals surface area contributed by atoms with Crippen LogP contribution in [0.3, 0.4) is 0 Å². The average molecular weight is 384 g/mol. The number of hydrogen-bond donors (Lipinski definition) is 0. The van der Waals surface area contributed by atoms with Crippen molar-refractivity contribution < 1.29 is 9.47 Å². The van der Waals surface area contributed by atoms with Gasteiger partial charge in [0.15, 0.2) is 6.29 Å². The van der Waals surface area contributed by atoms with Crippen molar-refractivity contribution in [2.24, 2.45) is 0 Å². The molecule has 1 fully saturated rings. The largest absolute Gasteiger partial charge is 0.353 e. The van der Waals surface area contributed by atoms with Gasteiger partial charge < -0.3 is 14.4 Å². The molecular formula is C24H49NO2. The molecular weight excluding hydrogens is 334 g/mol. The summed E-state index contributed by atoms with van der Waals surface area (Å²) in [5, 5.41) is 0. The first-order valence-electron chi connectivity index (χ1n) is 12.3. The summed E-state index contributed by atoms with van der Waals surface area (Å²) in [6, 6.07) is 0. The lowest BCUT2D eigenvalue weighted by Gasteiger charge is -2.22. The maximum Gasteiger partial charge on any atom is 0.158 e. The Bertz CT molecular complexity index is 292. The predicted molar refractivity (Wildman–Crippen MR) is 117 cm³/mol. The van der Waals surface area contributed by atoms with Crippen molar-refractivity contribution in [1.82, 2.24) is 4.90 Å². The molecule has 0 spiro atoms. The van der Waals surface area contributed by atoms with E-state index in [1.807, 2.05) is 0 Å². The van der Waals surface area contributed by atoms with Gasteiger partial charge in [0.05, 0.1) is 0 Å². The molecule has 0 aliphatic carbocycles. The summed E-state index contributed by atoms with van der Waals surface area (Å²) in [6.45, 7) is 9.96. The van der Waals surface area contributed by atoms with Crippen molar-refractivity contribution in [1.29, 1.82) is 0 Å². The van der Waals surface area contributed by atoms with Crippen LogP contribution in [0.15, 0.2) is 0 Å². The van der Waals surface area contributed by atoms with Crippen LogP contribution in [0.2, 0.25) is 0 Å². The summed E-state index contributed by atoms with van der Waals surface area (Å²) in [6.07, 6.45) is 21.1. The zero-order valence-corrected chi connectivity index (χ0v) is 18.7. The number of hydrogen-bond acceptors (Lipinski definition) is 3. The van der Waals surface area contributed by atoms with Crippen LogP contribution in [-0.4, -0.2) is 44.0 Å². The molecule has 1 heterocycles. The third-order valence-corrected chi connectivity index (χ3v) is 5.73. The third kappa shape index (κ3) is 15.5. The van der Waals surface area contributed by atoms with E-state index in [0.29, 0.717) is 0 Å². The zero-order chi connectivity index (χ0) is 19.4. The fraction of sp³-hybridized carbons (Fsp3) is 1.00. The second-order valence-corrected chi connectivity index (χ2v) is 8.40. The van der Waals surface area contributed by atoms with Crippen LogP contribution in [-0.2, 0) is 9.47 Å². The Morgan fingerprint density at radius 3 is 1.56 bits per heavy atom. The van der Waals surface area contributed by atoms with Crippen molar-refractivity contribution >= 4 is 0 Å². The van der Waals surface area contributed by atoms with Crippen molar-refractivity contribution in [3.05, 3.63) is 0 Å². The summed E-state index contributed by atoms with van der Waals surface area (Å²) in [4.78, 5) is 2.57. The minimum absolute atomic E-state index is 0.0151. The number of ether oxygens (including phenoxy) is 2. The first-order chi connectivity index (χ1) is 13.4. The third-order valence-electron chi connectivity index (χ3n) is 5.73. The Labute approximate surface area is 170 Å². The molecule has 1 aliphatic rings. The van der Waals surface area contributed by atoms with Gasteiger partial charge in [-0.3, -0.25) is 0 Å². The van der Waals surface area contributed by atoms with Gasteiger partial charge in [-0.15, -0.1) is 0 Å². The Morgan fingerprint density at radius 1 is 0.630 bits per heavy atom. The molecule has 1 rings (SSSR count). The molecule has 3 nitrogen and oxygen atoms in total. The first kappa shape index (κ1) is 24.9. The minimum Gasteiger partial charge on any atom is -0.353 e. The molecule has 0 radical (unpaired) electrons. The summed E-state index contributed by atoms with van der Waals surface area (Å²) >= 11 is 0. The fourth-order valence-electron chi connectivity index (χ4n) is 3.88. The van der Waals surface area contributed by atoms with Gasteiger partial charge in [-0.2, -0.15) is 0 Å². The van der Waals surface area contributed by atoms with Crippen LogP contribution in [0, 0.1) is 0 Å². The van der Waals surface area contributed by atoms with Gasteiger partial charge in [-0.25, -0.2) is 0 Å². The average Bonchev–Trinajstić information content (AvgIpc) is 3.20. The van der Waals surface area contributed by atoms with Gasteiger partial charge in [-0.1, -0.05) is 84.5 Å². The van der Waals surface area contributed by atoms with E-state index >= 15 is 0 Å². The lowest BCUT2D eigenvalue weighted by Crippen LogP contribution is -2.27. The van der Waals surface area contributed by atoms with Gasteiger partial charge in [-0.05, 0) is 38.8 Å². The molecule has 1 aliphatic heterocycles. The molecule has 27 heavy (non-hydrogen) atoms. The summed E-state index contributed by atoms with van der Waals surface area (Å²) in [5.74, 6) is 0. The fourth-order valence-corrected chi connectivity index (χ4v) is 3.88. The quantitative estimate of drug-likeness (QED) is 0.168. The van der Waals surface area contributed by atoms with Crippen LogP contribution in [0.1, 0.15) is 117 Å². The van der Waals surface area contributed by atoms with Crippen molar-refractivity contribution in [2.75, 3.05) is 32.8 Å². The van der Waals surface area contributed by atoms with Crippen LogP contribution < -0.4 is 0 Å². The molecule has 0 saturated carbocycles. The molecule has 1 atom stereocenters. The van der Waals surface area contributed by atoms with Crippen LogP contribution in [0.4, 0.5) is 0 Å². The topological polar surface area (TPSA) is 21.7 Å². The second kappa shape index (κ2) is 19.2. The number of nitrogens with zero attached hydrogens (tertiary/aromatic N) is 1. The maximum atomic E-state index is 6.13. The van der Waals surface area contributed by atoms with E-state index in [1.165, 1.54) is 109 Å². The summed E-state index contributed by atoms with van der Waals surface area (Å²) in [5.41, 5.74) is 0. The van der Waals surface area contributed by atoms with Gasteiger partial charge in [0.25, 0.3) is 0 Å². The lowest BCUT2D eigenvalue weighted by molar-refractivity contribution is -0.149. The highest BCUT2D eigenvalue weighted by Crippen LogP contribution is 2.13. The summed E-state index contributed by atoms with van der Waals surface area (Å²) < 4.78 is 12.2. The minimum atomic E-state index is 0.0151. The van der Waals surface area contributed by atoms with E-state index < -0.39 is 0 Å². The molecule has 0 bridgehead atoms. The van der Waals surface area contributed by atoms with Crippen molar-refractivity contribution in [2.45, 2.75) is 123 Å². The van der Waals surface area contributed by atoms with E-state index in [4.69, 9.17) is 9.47 Å². The van der Waals surface area contributed by atoms with Crippen LogP contribution in [0.25, 0.3) is 0 Å². The molecule has 162 valence electrons. The highest BCUT2D eigenvalue weighted by Gasteiger charge is 2.15. The standard InChI is InChI=1S/C24H49NO2/c1-3-5-7-9-11-13-17-23-27-24(18-21-25-19-14-15-20-25)26-22-16-12-10-8-6-4-2/h24H,3-23H2,1-2H3. The Hall–Kier alpha value is -0.120. The normalized spacial score (nSPS) is 16.2. The molecule has 0 aromatic heterocycles. The molecule has 3 heteroatoms. The van der Waals surface area contributed by atoms with Crippen molar-refractivity contribution in [3.63, 3.8) is 0 Å². The van der Waals surface area contributed by atoms with Crippen molar-refractivity contribution in [3.8, 4) is 0 Å². The Balaban J connectivity index is 2.08. The second-order valence-electron chi connectivity index (χ2n) is 8.40. The van der Waals surface area contributed by atoms with E-state index in [2.05, 4.69) is 18.7 Å². The smallest absolute Gasteiger partial charge is 0.158 e. The Morgan fingerprint density at radius 2 is 1.07 bits per heavy atom. The van der Waals surface area contributed by atoms with Gasteiger partial charge in [0, 0.05) is 26.2 Å². The van der Waals surface area contributed by atoms with Gasteiger partial charge in [0.2, 0.25) is 0 Å². The Kier molecular flexibility index (Phi) is 17.7. The van der Waals surface area contributed by atoms with E-state index in [0.717, 1.165) is 26.2 Å². The van der Waals surface area contributed by atoms with Gasteiger partial charge in [0.1, 0.15) is 0 Å². The SMILES string of the molecule is CCCCCCCCCOC(CCN1CCCC1)OCCCCCCCC. The highest BCUT2D eigenvalue weighted by molar-refractivity contribution is 4.66.